The van der Waals surface area contributed by atoms with E-state index < -0.39 is 17.6 Å². The normalized spacial score (nSPS) is 22.5. The molecule has 1 N–H and O–H groups in total. The van der Waals surface area contributed by atoms with Gasteiger partial charge in [-0.3, -0.25) is 4.90 Å². The Hall–Kier alpha value is -1.14. The molecule has 0 radical (unpaired) electrons. The highest BCUT2D eigenvalue weighted by Crippen LogP contribution is 2.40. The third kappa shape index (κ3) is 3.91. The zero-order valence-electron chi connectivity index (χ0n) is 13.7. The molecule has 0 bridgehead atoms. The molecule has 2 aliphatic rings. The van der Waals surface area contributed by atoms with E-state index in [4.69, 9.17) is 0 Å². The van der Waals surface area contributed by atoms with Gasteiger partial charge in [-0.05, 0) is 30.9 Å². The van der Waals surface area contributed by atoms with E-state index in [0.29, 0.717) is 17.5 Å². The predicted octanol–water partition coefficient (Wildman–Crippen LogP) is 4.37. The molecule has 1 atom stereocenters. The first-order valence-corrected chi connectivity index (χ1v) is 8.78. The summed E-state index contributed by atoms with van der Waals surface area (Å²) in [5.41, 5.74) is -0.483. The van der Waals surface area contributed by atoms with E-state index in [1.165, 1.54) is 12.5 Å². The lowest BCUT2D eigenvalue weighted by molar-refractivity contribution is -0.137. The molecule has 0 spiro atoms. The number of hydrogen-bond acceptors (Lipinski definition) is 2. The van der Waals surface area contributed by atoms with Crippen LogP contribution in [0.4, 0.5) is 17.6 Å². The van der Waals surface area contributed by atoms with E-state index >= 15 is 0 Å². The highest BCUT2D eigenvalue weighted by Gasteiger charge is 2.35. The van der Waals surface area contributed by atoms with Gasteiger partial charge in [0.25, 0.3) is 0 Å². The van der Waals surface area contributed by atoms with E-state index in [1.54, 1.807) is 0 Å². The lowest BCUT2D eigenvalue weighted by Gasteiger charge is -2.41. The van der Waals surface area contributed by atoms with E-state index in [9.17, 15) is 17.6 Å². The lowest BCUT2D eigenvalue weighted by atomic mass is 9.80. The summed E-state index contributed by atoms with van der Waals surface area (Å²) >= 11 is 0. The summed E-state index contributed by atoms with van der Waals surface area (Å²) in [7, 11) is 0. The highest BCUT2D eigenvalue weighted by atomic mass is 19.4. The number of piperazine rings is 1. The molecule has 0 amide bonds. The Labute approximate surface area is 140 Å². The monoisotopic (exact) mass is 344 g/mol. The number of benzene rings is 1. The molecule has 1 aliphatic carbocycles. The van der Waals surface area contributed by atoms with Crippen LogP contribution in [0.3, 0.4) is 0 Å². The minimum Gasteiger partial charge on any atom is -0.314 e. The maximum atomic E-state index is 14.6. The molecule has 1 saturated heterocycles. The first kappa shape index (κ1) is 17.7. The summed E-state index contributed by atoms with van der Waals surface area (Å²) in [4.78, 5) is 2.25. The number of halogens is 4. The molecule has 1 aromatic carbocycles. The van der Waals surface area contributed by atoms with Gasteiger partial charge in [0.05, 0.1) is 5.56 Å². The Morgan fingerprint density at radius 1 is 1.04 bits per heavy atom. The fraction of sp³-hybridized carbons (Fsp3) is 0.667. The van der Waals surface area contributed by atoms with Gasteiger partial charge >= 0.3 is 6.18 Å². The molecule has 0 unspecified atom stereocenters. The van der Waals surface area contributed by atoms with Crippen LogP contribution in [0.2, 0.25) is 0 Å². The fourth-order valence-corrected chi connectivity index (χ4v) is 4.10. The Balaban J connectivity index is 1.92. The molecule has 134 valence electrons. The highest BCUT2D eigenvalue weighted by molar-refractivity contribution is 5.29. The van der Waals surface area contributed by atoms with Crippen molar-refractivity contribution in [3.05, 3.63) is 35.1 Å². The molecule has 2 fully saturated rings. The third-order valence-electron chi connectivity index (χ3n) is 5.29. The summed E-state index contributed by atoms with van der Waals surface area (Å²) in [6.45, 7) is 3.29. The van der Waals surface area contributed by atoms with Crippen molar-refractivity contribution in [1.29, 1.82) is 0 Å². The zero-order chi connectivity index (χ0) is 17.2. The van der Waals surface area contributed by atoms with Crippen LogP contribution in [0.15, 0.2) is 18.2 Å². The number of rotatable bonds is 3. The van der Waals surface area contributed by atoms with Crippen LogP contribution < -0.4 is 5.32 Å². The Morgan fingerprint density at radius 2 is 1.71 bits per heavy atom. The summed E-state index contributed by atoms with van der Waals surface area (Å²) in [6.07, 6.45) is 0.976. The minimum atomic E-state index is -4.51. The van der Waals surface area contributed by atoms with Crippen molar-refractivity contribution in [1.82, 2.24) is 10.2 Å². The van der Waals surface area contributed by atoms with Crippen LogP contribution in [-0.2, 0) is 6.18 Å². The van der Waals surface area contributed by atoms with E-state index in [1.807, 2.05) is 0 Å². The second-order valence-electron chi connectivity index (χ2n) is 6.86. The number of nitrogens with one attached hydrogen (secondary N) is 1. The van der Waals surface area contributed by atoms with E-state index in [0.717, 1.165) is 57.9 Å². The van der Waals surface area contributed by atoms with Gasteiger partial charge in [-0.15, -0.1) is 0 Å². The molecule has 2 nitrogen and oxygen atoms in total. The summed E-state index contributed by atoms with van der Waals surface area (Å²) < 4.78 is 53.1. The second kappa shape index (κ2) is 7.40. The number of nitrogens with zero attached hydrogens (tertiary/aromatic N) is 1. The maximum Gasteiger partial charge on any atom is 0.416 e. The van der Waals surface area contributed by atoms with Gasteiger partial charge < -0.3 is 5.32 Å². The zero-order valence-corrected chi connectivity index (χ0v) is 13.7. The van der Waals surface area contributed by atoms with Crippen LogP contribution in [0.5, 0.6) is 0 Å². The first-order valence-electron chi connectivity index (χ1n) is 8.78. The molecule has 0 aromatic heterocycles. The summed E-state index contributed by atoms with van der Waals surface area (Å²) in [6, 6.07) is 2.93. The standard InChI is InChI=1S/C18H24F4N2/c19-16-12-14(18(20,21)22)6-7-15(16)17(13-4-2-1-3-5-13)24-10-8-23-9-11-24/h6-7,12-13,17,23H,1-5,8-11H2/t17-/m1/s1. The van der Waals surface area contributed by atoms with Gasteiger partial charge in [0.2, 0.25) is 0 Å². The Bertz CT molecular complexity index is 528. The predicted molar refractivity (Wildman–Crippen MR) is 85.2 cm³/mol. The summed E-state index contributed by atoms with van der Waals surface area (Å²) in [5, 5.41) is 3.28. The molecule has 1 aliphatic heterocycles. The van der Waals surface area contributed by atoms with Crippen molar-refractivity contribution in [2.24, 2.45) is 5.92 Å². The Morgan fingerprint density at radius 3 is 2.29 bits per heavy atom. The Kier molecular flexibility index (Phi) is 5.45. The van der Waals surface area contributed by atoms with Crippen LogP contribution in [0, 0.1) is 11.7 Å². The van der Waals surface area contributed by atoms with Crippen LogP contribution >= 0.6 is 0 Å². The number of hydrogen-bond donors (Lipinski definition) is 1. The van der Waals surface area contributed by atoms with Crippen molar-refractivity contribution < 1.29 is 17.6 Å². The molecule has 6 heteroatoms. The lowest BCUT2D eigenvalue weighted by Crippen LogP contribution is -2.47. The fourth-order valence-electron chi connectivity index (χ4n) is 4.10. The van der Waals surface area contributed by atoms with Crippen molar-refractivity contribution in [3.8, 4) is 0 Å². The van der Waals surface area contributed by atoms with Gasteiger partial charge in [-0.25, -0.2) is 4.39 Å². The molecule has 1 aromatic rings. The summed E-state index contributed by atoms with van der Waals surface area (Å²) in [5.74, 6) is -0.401. The van der Waals surface area contributed by atoms with E-state index in [2.05, 4.69) is 10.2 Å². The molecule has 3 rings (SSSR count). The number of alkyl halides is 3. The van der Waals surface area contributed by atoms with Crippen molar-refractivity contribution >= 4 is 0 Å². The van der Waals surface area contributed by atoms with Gasteiger partial charge in [-0.2, -0.15) is 13.2 Å². The minimum absolute atomic E-state index is 0.116. The van der Waals surface area contributed by atoms with Crippen molar-refractivity contribution in [2.75, 3.05) is 26.2 Å². The van der Waals surface area contributed by atoms with Crippen LogP contribution in [-0.4, -0.2) is 31.1 Å². The average Bonchev–Trinajstić information content (AvgIpc) is 2.58. The molecule has 1 saturated carbocycles. The molecular weight excluding hydrogens is 320 g/mol. The SMILES string of the molecule is Fc1cc(C(F)(F)F)ccc1[C@@H](C1CCCCC1)N1CCNCC1. The first-order chi connectivity index (χ1) is 11.5. The molecular formula is C18H24F4N2. The largest absolute Gasteiger partial charge is 0.416 e. The maximum absolute atomic E-state index is 14.6. The van der Waals surface area contributed by atoms with Crippen LogP contribution in [0.25, 0.3) is 0 Å². The molecule has 1 heterocycles. The van der Waals surface area contributed by atoms with Crippen molar-refractivity contribution in [2.45, 2.75) is 44.3 Å². The topological polar surface area (TPSA) is 15.3 Å². The van der Waals surface area contributed by atoms with Crippen LogP contribution in [0.1, 0.15) is 49.3 Å². The smallest absolute Gasteiger partial charge is 0.314 e. The average molecular weight is 344 g/mol. The van der Waals surface area contributed by atoms with E-state index in [-0.39, 0.29) is 6.04 Å². The van der Waals surface area contributed by atoms with Gasteiger partial charge in [0, 0.05) is 37.8 Å². The molecule has 24 heavy (non-hydrogen) atoms. The van der Waals surface area contributed by atoms with Crippen molar-refractivity contribution in [3.63, 3.8) is 0 Å². The van der Waals surface area contributed by atoms with Gasteiger partial charge in [0.15, 0.2) is 0 Å². The van der Waals surface area contributed by atoms with Gasteiger partial charge in [-0.1, -0.05) is 25.3 Å². The quantitative estimate of drug-likeness (QED) is 0.819. The third-order valence-corrected chi connectivity index (χ3v) is 5.29. The van der Waals surface area contributed by atoms with Gasteiger partial charge in [0.1, 0.15) is 5.82 Å². The second-order valence-corrected chi connectivity index (χ2v) is 6.86.